The second-order valence-electron chi connectivity index (χ2n) is 7.27. The first-order valence-corrected chi connectivity index (χ1v) is 10.4. The summed E-state index contributed by atoms with van der Waals surface area (Å²) in [5.74, 6) is -1.99. The summed E-state index contributed by atoms with van der Waals surface area (Å²) in [5.41, 5.74) is 2.43. The van der Waals surface area contributed by atoms with E-state index in [4.69, 9.17) is 24.7 Å². The predicted molar refractivity (Wildman–Crippen MR) is 123 cm³/mol. The number of carboxylic acid groups (broad SMARTS) is 1. The van der Waals surface area contributed by atoms with Crippen molar-refractivity contribution < 1.29 is 28.6 Å². The molecule has 1 unspecified atom stereocenters. The lowest BCUT2D eigenvalue weighted by Gasteiger charge is -2.12. The van der Waals surface area contributed by atoms with Crippen molar-refractivity contribution in [3.8, 4) is 17.6 Å². The van der Waals surface area contributed by atoms with E-state index in [1.807, 2.05) is 48.5 Å². The Bertz CT molecular complexity index is 1170. The van der Waals surface area contributed by atoms with Crippen LogP contribution in [0.5, 0.6) is 11.5 Å². The Labute approximate surface area is 196 Å². The quantitative estimate of drug-likeness (QED) is 0.321. The lowest BCUT2D eigenvalue weighted by atomic mass is 9.96. The number of hydrogen-bond donors (Lipinski definition) is 1. The molecule has 0 amide bonds. The third-order valence-corrected chi connectivity index (χ3v) is 4.89. The highest BCUT2D eigenvalue weighted by Gasteiger charge is 2.19. The number of carboxylic acids is 1. The smallest absolute Gasteiger partial charge is 0.305 e. The molecule has 0 aliphatic heterocycles. The number of benzene rings is 3. The van der Waals surface area contributed by atoms with Crippen molar-refractivity contribution >= 4 is 11.7 Å². The molecule has 0 fully saturated rings. The van der Waals surface area contributed by atoms with Gasteiger partial charge in [-0.1, -0.05) is 53.7 Å². The van der Waals surface area contributed by atoms with E-state index in [0.717, 1.165) is 17.2 Å². The molecule has 1 atom stereocenters. The Morgan fingerprint density at radius 3 is 2.38 bits per heavy atom. The van der Waals surface area contributed by atoms with Gasteiger partial charge in [-0.15, -0.1) is 0 Å². The summed E-state index contributed by atoms with van der Waals surface area (Å²) < 4.78 is 25.8. The largest absolute Gasteiger partial charge is 0.489 e. The van der Waals surface area contributed by atoms with Crippen LogP contribution in [0.4, 0.5) is 4.39 Å². The third kappa shape index (κ3) is 6.81. The summed E-state index contributed by atoms with van der Waals surface area (Å²) in [6.07, 6.45) is -0.466. The first kappa shape index (κ1) is 24.3. The summed E-state index contributed by atoms with van der Waals surface area (Å²) in [6, 6.07) is 22.7. The standard InChI is InChI=1S/C26H23FN2O5/c1-32-29-25(19-5-3-2-4-6-19)17-34-21-9-7-18(8-10-21)16-33-22-11-12-23(24(27)14-22)20(15-28)13-26(30)31/h2-12,14,20H,13,16-17H2,1H3,(H,30,31)/b29-25+. The number of rotatable bonds is 11. The number of halogens is 1. The molecule has 3 aromatic rings. The minimum atomic E-state index is -1.17. The Morgan fingerprint density at radius 2 is 1.76 bits per heavy atom. The maximum absolute atomic E-state index is 14.4. The summed E-state index contributed by atoms with van der Waals surface area (Å²) in [5, 5.41) is 22.0. The van der Waals surface area contributed by atoms with Gasteiger partial charge in [-0.2, -0.15) is 5.26 Å². The maximum atomic E-state index is 14.4. The van der Waals surface area contributed by atoms with Crippen molar-refractivity contribution in [3.63, 3.8) is 0 Å². The fraction of sp³-hybridized carbons (Fsp3) is 0.192. The molecule has 34 heavy (non-hydrogen) atoms. The number of oxime groups is 1. The second-order valence-corrected chi connectivity index (χ2v) is 7.27. The Morgan fingerprint density at radius 1 is 1.06 bits per heavy atom. The summed E-state index contributed by atoms with van der Waals surface area (Å²) in [4.78, 5) is 15.8. The molecule has 0 aliphatic carbocycles. The van der Waals surface area contributed by atoms with Crippen LogP contribution in [0.3, 0.4) is 0 Å². The van der Waals surface area contributed by atoms with E-state index in [-0.39, 0.29) is 24.5 Å². The minimum Gasteiger partial charge on any atom is -0.489 e. The molecule has 1 N–H and O–H groups in total. The van der Waals surface area contributed by atoms with E-state index in [1.165, 1.54) is 19.2 Å². The zero-order valence-corrected chi connectivity index (χ0v) is 18.5. The monoisotopic (exact) mass is 462 g/mol. The van der Waals surface area contributed by atoms with Gasteiger partial charge in [-0.05, 0) is 23.8 Å². The van der Waals surface area contributed by atoms with Crippen molar-refractivity contribution in [3.05, 3.63) is 95.3 Å². The molecule has 0 saturated heterocycles. The van der Waals surface area contributed by atoms with E-state index < -0.39 is 24.1 Å². The van der Waals surface area contributed by atoms with Crippen molar-refractivity contribution in [1.29, 1.82) is 5.26 Å². The fourth-order valence-corrected chi connectivity index (χ4v) is 3.18. The number of nitriles is 1. The summed E-state index contributed by atoms with van der Waals surface area (Å²) in [7, 11) is 1.48. The zero-order valence-electron chi connectivity index (χ0n) is 18.5. The molecule has 0 bridgehead atoms. The van der Waals surface area contributed by atoms with Gasteiger partial charge in [0.2, 0.25) is 0 Å². The van der Waals surface area contributed by atoms with Gasteiger partial charge >= 0.3 is 5.97 Å². The molecule has 0 spiro atoms. The van der Waals surface area contributed by atoms with Crippen LogP contribution in [-0.2, 0) is 16.2 Å². The van der Waals surface area contributed by atoms with E-state index in [9.17, 15) is 9.18 Å². The average molecular weight is 462 g/mol. The van der Waals surface area contributed by atoms with Crippen LogP contribution in [0.25, 0.3) is 0 Å². The van der Waals surface area contributed by atoms with E-state index >= 15 is 0 Å². The van der Waals surface area contributed by atoms with Crippen molar-refractivity contribution in [2.75, 3.05) is 13.7 Å². The first-order valence-electron chi connectivity index (χ1n) is 10.4. The highest BCUT2D eigenvalue weighted by atomic mass is 19.1. The van der Waals surface area contributed by atoms with Crippen LogP contribution >= 0.6 is 0 Å². The minimum absolute atomic E-state index is 0.0330. The van der Waals surface area contributed by atoms with Gasteiger partial charge in [0, 0.05) is 17.2 Å². The van der Waals surface area contributed by atoms with E-state index in [2.05, 4.69) is 5.16 Å². The molecule has 7 nitrogen and oxygen atoms in total. The van der Waals surface area contributed by atoms with Crippen LogP contribution in [0.2, 0.25) is 0 Å². The lowest BCUT2D eigenvalue weighted by Crippen LogP contribution is -2.13. The lowest BCUT2D eigenvalue weighted by molar-refractivity contribution is -0.137. The average Bonchev–Trinajstić information content (AvgIpc) is 2.85. The predicted octanol–water partition coefficient (Wildman–Crippen LogP) is 4.92. The van der Waals surface area contributed by atoms with Gasteiger partial charge in [-0.3, -0.25) is 4.79 Å². The number of carbonyl (C=O) groups is 1. The molecule has 0 saturated carbocycles. The molecule has 174 valence electrons. The summed E-state index contributed by atoms with van der Waals surface area (Å²) >= 11 is 0. The highest BCUT2D eigenvalue weighted by molar-refractivity contribution is 6.01. The summed E-state index contributed by atoms with van der Waals surface area (Å²) in [6.45, 7) is 0.418. The molecule has 3 aromatic carbocycles. The molecule has 0 radical (unpaired) electrons. The zero-order chi connectivity index (χ0) is 24.3. The Balaban J connectivity index is 1.57. The van der Waals surface area contributed by atoms with Crippen molar-refractivity contribution in [2.24, 2.45) is 5.16 Å². The number of aliphatic carboxylic acids is 1. The normalized spacial score (nSPS) is 11.9. The molecular formula is C26H23FN2O5. The van der Waals surface area contributed by atoms with Crippen molar-refractivity contribution in [1.82, 2.24) is 0 Å². The van der Waals surface area contributed by atoms with Crippen molar-refractivity contribution in [2.45, 2.75) is 18.9 Å². The molecule has 3 rings (SSSR count). The van der Waals surface area contributed by atoms with Crippen LogP contribution in [0.1, 0.15) is 29.0 Å². The van der Waals surface area contributed by atoms with Gasteiger partial charge in [0.1, 0.15) is 43.4 Å². The molecular weight excluding hydrogens is 439 g/mol. The van der Waals surface area contributed by atoms with Crippen LogP contribution < -0.4 is 9.47 Å². The number of ether oxygens (including phenoxy) is 2. The second kappa shape index (κ2) is 12.0. The molecule has 8 heteroatoms. The van der Waals surface area contributed by atoms with Crippen LogP contribution in [-0.4, -0.2) is 30.5 Å². The van der Waals surface area contributed by atoms with Gasteiger partial charge in [0.25, 0.3) is 0 Å². The molecule has 0 heterocycles. The topological polar surface area (TPSA) is 101 Å². The fourth-order valence-electron chi connectivity index (χ4n) is 3.18. The van der Waals surface area contributed by atoms with Crippen LogP contribution in [0, 0.1) is 17.1 Å². The van der Waals surface area contributed by atoms with Gasteiger partial charge in [-0.25, -0.2) is 4.39 Å². The number of nitrogens with zero attached hydrogens (tertiary/aromatic N) is 2. The maximum Gasteiger partial charge on any atom is 0.305 e. The molecule has 0 aromatic heterocycles. The Hall–Kier alpha value is -4.38. The number of hydrogen-bond acceptors (Lipinski definition) is 6. The molecule has 0 aliphatic rings. The van der Waals surface area contributed by atoms with E-state index in [1.54, 1.807) is 12.1 Å². The first-order chi connectivity index (χ1) is 16.5. The van der Waals surface area contributed by atoms with E-state index in [0.29, 0.717) is 11.5 Å². The van der Waals surface area contributed by atoms with Gasteiger partial charge in [0.05, 0.1) is 18.4 Å². The van der Waals surface area contributed by atoms with Gasteiger partial charge in [0.15, 0.2) is 0 Å². The van der Waals surface area contributed by atoms with Crippen LogP contribution in [0.15, 0.2) is 78.0 Å². The van der Waals surface area contributed by atoms with Gasteiger partial charge < -0.3 is 19.4 Å². The Kier molecular flexibility index (Phi) is 8.58. The SMILES string of the molecule is CO/N=C(\COc1ccc(COc2ccc(C(C#N)CC(=O)O)c(F)c2)cc1)c1ccccc1. The highest BCUT2D eigenvalue weighted by Crippen LogP contribution is 2.26. The third-order valence-electron chi connectivity index (χ3n) is 4.89.